The van der Waals surface area contributed by atoms with Crippen LogP contribution >= 0.6 is 0 Å². The standard InChI is InChI=1S/C13H23NO3/c1-13(8-3-2-4-9-13)10-14-11(15)6-5-7-12(16)17/h2-10H2,1H3,(H,14,15)(H,16,17). The number of hydrogen-bond donors (Lipinski definition) is 2. The van der Waals surface area contributed by atoms with Crippen molar-refractivity contribution in [1.82, 2.24) is 5.32 Å². The van der Waals surface area contributed by atoms with Gasteiger partial charge in [-0.25, -0.2) is 0 Å². The minimum absolute atomic E-state index is 0.0157. The van der Waals surface area contributed by atoms with Crippen LogP contribution in [0.1, 0.15) is 58.3 Å². The van der Waals surface area contributed by atoms with Crippen molar-refractivity contribution in [1.29, 1.82) is 0 Å². The second-order valence-electron chi connectivity index (χ2n) is 5.40. The van der Waals surface area contributed by atoms with E-state index in [1.807, 2.05) is 0 Å². The third kappa shape index (κ3) is 5.71. The molecule has 0 aromatic carbocycles. The Morgan fingerprint density at radius 2 is 1.82 bits per heavy atom. The predicted molar refractivity (Wildman–Crippen MR) is 65.7 cm³/mol. The number of carboxylic acid groups (broad SMARTS) is 1. The maximum absolute atomic E-state index is 11.5. The van der Waals surface area contributed by atoms with E-state index in [-0.39, 0.29) is 17.7 Å². The lowest BCUT2D eigenvalue weighted by atomic mass is 9.76. The average Bonchev–Trinajstić information content (AvgIpc) is 2.27. The fourth-order valence-electron chi connectivity index (χ4n) is 2.38. The van der Waals surface area contributed by atoms with Gasteiger partial charge in [-0.3, -0.25) is 9.59 Å². The molecule has 0 radical (unpaired) electrons. The van der Waals surface area contributed by atoms with E-state index < -0.39 is 5.97 Å². The first kappa shape index (κ1) is 14.0. The van der Waals surface area contributed by atoms with Crippen molar-refractivity contribution < 1.29 is 14.7 Å². The number of hydrogen-bond acceptors (Lipinski definition) is 2. The largest absolute Gasteiger partial charge is 0.481 e. The van der Waals surface area contributed by atoms with Gasteiger partial charge in [0.05, 0.1) is 0 Å². The highest BCUT2D eigenvalue weighted by Crippen LogP contribution is 2.34. The number of nitrogens with one attached hydrogen (secondary N) is 1. The Hall–Kier alpha value is -1.06. The number of carboxylic acids is 1. The Kier molecular flexibility index (Phi) is 5.45. The van der Waals surface area contributed by atoms with Crippen LogP contribution in [0.5, 0.6) is 0 Å². The van der Waals surface area contributed by atoms with Gasteiger partial charge in [0.2, 0.25) is 5.91 Å². The van der Waals surface area contributed by atoms with Crippen LogP contribution in [-0.4, -0.2) is 23.5 Å². The van der Waals surface area contributed by atoms with Crippen molar-refractivity contribution in [2.24, 2.45) is 5.41 Å². The van der Waals surface area contributed by atoms with E-state index >= 15 is 0 Å². The monoisotopic (exact) mass is 241 g/mol. The molecule has 0 atom stereocenters. The second kappa shape index (κ2) is 6.62. The predicted octanol–water partition coefficient (Wildman–Crippen LogP) is 2.33. The van der Waals surface area contributed by atoms with Crippen molar-refractivity contribution in [3.8, 4) is 0 Å². The second-order valence-corrected chi connectivity index (χ2v) is 5.40. The van der Waals surface area contributed by atoms with Gasteiger partial charge in [0.1, 0.15) is 0 Å². The summed E-state index contributed by atoms with van der Waals surface area (Å²) in [6.45, 7) is 2.96. The quantitative estimate of drug-likeness (QED) is 0.750. The van der Waals surface area contributed by atoms with Crippen molar-refractivity contribution >= 4 is 11.9 Å². The summed E-state index contributed by atoms with van der Waals surface area (Å²) in [5, 5.41) is 11.4. The summed E-state index contributed by atoms with van der Waals surface area (Å²) < 4.78 is 0. The molecule has 0 heterocycles. The molecule has 2 N–H and O–H groups in total. The van der Waals surface area contributed by atoms with Gasteiger partial charge in [-0.2, -0.15) is 0 Å². The smallest absolute Gasteiger partial charge is 0.303 e. The highest BCUT2D eigenvalue weighted by molar-refractivity contribution is 5.76. The first-order valence-electron chi connectivity index (χ1n) is 6.50. The summed E-state index contributed by atoms with van der Waals surface area (Å²) in [7, 11) is 0. The van der Waals surface area contributed by atoms with Crippen LogP contribution < -0.4 is 5.32 Å². The summed E-state index contributed by atoms with van der Waals surface area (Å²) in [4.78, 5) is 21.8. The van der Waals surface area contributed by atoms with E-state index in [4.69, 9.17) is 5.11 Å². The molecule has 4 heteroatoms. The SMILES string of the molecule is CC1(CNC(=O)CCCC(=O)O)CCCCC1. The fraction of sp³-hybridized carbons (Fsp3) is 0.846. The Balaban J connectivity index is 2.16. The molecule has 0 unspecified atom stereocenters. The lowest BCUT2D eigenvalue weighted by Gasteiger charge is -2.33. The van der Waals surface area contributed by atoms with E-state index in [1.165, 1.54) is 32.1 Å². The van der Waals surface area contributed by atoms with Gasteiger partial charge < -0.3 is 10.4 Å². The van der Waals surface area contributed by atoms with Crippen molar-refractivity contribution in [3.63, 3.8) is 0 Å². The number of carbonyl (C=O) groups excluding carboxylic acids is 1. The van der Waals surface area contributed by atoms with Gasteiger partial charge in [-0.1, -0.05) is 26.2 Å². The van der Waals surface area contributed by atoms with Crippen molar-refractivity contribution in [3.05, 3.63) is 0 Å². The molecule has 0 saturated heterocycles. The normalized spacial score (nSPS) is 18.6. The molecule has 0 aromatic heterocycles. The zero-order chi connectivity index (χ0) is 12.7. The fourth-order valence-corrected chi connectivity index (χ4v) is 2.38. The Labute approximate surface area is 103 Å². The summed E-state index contributed by atoms with van der Waals surface area (Å²) in [6, 6.07) is 0. The topological polar surface area (TPSA) is 66.4 Å². The van der Waals surface area contributed by atoms with E-state index in [2.05, 4.69) is 12.2 Å². The molecule has 0 bridgehead atoms. The molecule has 1 aliphatic carbocycles. The molecule has 0 spiro atoms. The lowest BCUT2D eigenvalue weighted by molar-refractivity contribution is -0.137. The first-order valence-corrected chi connectivity index (χ1v) is 6.50. The Bertz CT molecular complexity index is 270. The maximum Gasteiger partial charge on any atom is 0.303 e. The van der Waals surface area contributed by atoms with Gasteiger partial charge in [-0.05, 0) is 24.7 Å². The van der Waals surface area contributed by atoms with Crippen LogP contribution in [0.2, 0.25) is 0 Å². The molecule has 1 saturated carbocycles. The van der Waals surface area contributed by atoms with Gasteiger partial charge >= 0.3 is 5.97 Å². The Morgan fingerprint density at radius 3 is 2.41 bits per heavy atom. The molecule has 0 aliphatic heterocycles. The van der Waals surface area contributed by atoms with Gasteiger partial charge in [-0.15, -0.1) is 0 Å². The number of rotatable bonds is 6. The Morgan fingerprint density at radius 1 is 1.18 bits per heavy atom. The summed E-state index contributed by atoms with van der Waals surface area (Å²) in [5.41, 5.74) is 0.251. The van der Waals surface area contributed by atoms with E-state index in [1.54, 1.807) is 0 Å². The minimum atomic E-state index is -0.836. The molecule has 98 valence electrons. The average molecular weight is 241 g/mol. The first-order chi connectivity index (χ1) is 8.02. The number of carbonyl (C=O) groups is 2. The third-order valence-corrected chi connectivity index (χ3v) is 3.57. The third-order valence-electron chi connectivity index (χ3n) is 3.57. The maximum atomic E-state index is 11.5. The molecular formula is C13H23NO3. The van der Waals surface area contributed by atoms with Crippen molar-refractivity contribution in [2.75, 3.05) is 6.54 Å². The van der Waals surface area contributed by atoms with Crippen LogP contribution in [0, 0.1) is 5.41 Å². The number of amides is 1. The van der Waals surface area contributed by atoms with E-state index in [9.17, 15) is 9.59 Å². The zero-order valence-corrected chi connectivity index (χ0v) is 10.6. The summed E-state index contributed by atoms with van der Waals surface area (Å²) in [5.74, 6) is -0.852. The minimum Gasteiger partial charge on any atom is -0.481 e. The lowest BCUT2D eigenvalue weighted by Crippen LogP contribution is -2.36. The van der Waals surface area contributed by atoms with Crippen LogP contribution in [0.4, 0.5) is 0 Å². The van der Waals surface area contributed by atoms with E-state index in [0.29, 0.717) is 12.8 Å². The summed E-state index contributed by atoms with van der Waals surface area (Å²) in [6.07, 6.45) is 7.01. The van der Waals surface area contributed by atoms with Gasteiger partial charge in [0.25, 0.3) is 0 Å². The molecule has 1 rings (SSSR count). The molecule has 1 aliphatic rings. The van der Waals surface area contributed by atoms with Gasteiger partial charge in [0, 0.05) is 19.4 Å². The van der Waals surface area contributed by atoms with E-state index in [0.717, 1.165) is 6.54 Å². The van der Waals surface area contributed by atoms with Crippen LogP contribution in [0.3, 0.4) is 0 Å². The zero-order valence-electron chi connectivity index (χ0n) is 10.6. The van der Waals surface area contributed by atoms with Crippen LogP contribution in [0.15, 0.2) is 0 Å². The molecule has 0 aromatic rings. The molecular weight excluding hydrogens is 218 g/mol. The molecule has 1 amide bonds. The number of aliphatic carboxylic acids is 1. The van der Waals surface area contributed by atoms with Crippen LogP contribution in [-0.2, 0) is 9.59 Å². The van der Waals surface area contributed by atoms with Gasteiger partial charge in [0.15, 0.2) is 0 Å². The molecule has 17 heavy (non-hydrogen) atoms. The molecule has 1 fully saturated rings. The van der Waals surface area contributed by atoms with Crippen LogP contribution in [0.25, 0.3) is 0 Å². The highest BCUT2D eigenvalue weighted by atomic mass is 16.4. The van der Waals surface area contributed by atoms with Crippen molar-refractivity contribution in [2.45, 2.75) is 58.3 Å². The highest BCUT2D eigenvalue weighted by Gasteiger charge is 2.26. The molecule has 4 nitrogen and oxygen atoms in total. The summed E-state index contributed by atoms with van der Waals surface area (Å²) >= 11 is 0.